The van der Waals surface area contributed by atoms with Crippen molar-refractivity contribution in [1.29, 1.82) is 0 Å². The number of hydrogen-bond donors (Lipinski definition) is 0. The lowest BCUT2D eigenvalue weighted by Crippen LogP contribution is -2.57. The van der Waals surface area contributed by atoms with Gasteiger partial charge in [0, 0.05) is 12.8 Å². The zero-order valence-electron chi connectivity index (χ0n) is 16.2. The molecule has 0 saturated carbocycles. The van der Waals surface area contributed by atoms with Gasteiger partial charge in [-0.1, -0.05) is 12.2 Å². The minimum absolute atomic E-state index is 0.163. The highest BCUT2D eigenvalue weighted by Gasteiger charge is 2.55. The summed E-state index contributed by atoms with van der Waals surface area (Å²) in [6, 6.07) is 0. The van der Waals surface area contributed by atoms with Crippen LogP contribution in [0.4, 0.5) is 26.3 Å². The van der Waals surface area contributed by atoms with Gasteiger partial charge in [0.05, 0.1) is 24.4 Å². The van der Waals surface area contributed by atoms with Gasteiger partial charge in [-0.2, -0.15) is 43.2 Å². The number of fused-ring (bicyclic) bond motifs is 1. The smallest absolute Gasteiger partial charge is 0.369 e. The Balaban J connectivity index is 2.26. The molecule has 8 nitrogen and oxygen atoms in total. The maximum Gasteiger partial charge on any atom is 0.523 e. The van der Waals surface area contributed by atoms with Gasteiger partial charge in [0.2, 0.25) is 0 Å². The third kappa shape index (κ3) is 6.02. The number of rotatable bonds is 8. The van der Waals surface area contributed by atoms with Crippen LogP contribution in [-0.4, -0.2) is 64.5 Å². The molecular weight excluding hydrogens is 498 g/mol. The molecule has 2 saturated heterocycles. The van der Waals surface area contributed by atoms with Crippen molar-refractivity contribution >= 4 is 20.2 Å². The molecule has 0 aromatic rings. The molecule has 2 aliphatic heterocycles. The fourth-order valence-corrected chi connectivity index (χ4v) is 4.63. The van der Waals surface area contributed by atoms with Gasteiger partial charge in [-0.05, 0) is 12.8 Å². The Morgan fingerprint density at radius 3 is 1.31 bits per heavy atom. The average Bonchev–Trinajstić information content (AvgIpc) is 2.61. The van der Waals surface area contributed by atoms with E-state index in [1.807, 2.05) is 0 Å². The number of hydrogen-bond acceptors (Lipinski definition) is 8. The van der Waals surface area contributed by atoms with Crippen LogP contribution in [0.3, 0.4) is 0 Å². The second-order valence-electron chi connectivity index (χ2n) is 7.02. The van der Waals surface area contributed by atoms with Gasteiger partial charge >= 0.3 is 31.3 Å². The van der Waals surface area contributed by atoms with Crippen molar-refractivity contribution in [3.63, 3.8) is 0 Å². The maximum absolute atomic E-state index is 12.7. The molecule has 0 bridgehead atoms. The Morgan fingerprint density at radius 1 is 0.750 bits per heavy atom. The number of alkyl halides is 6. The van der Waals surface area contributed by atoms with E-state index in [-0.39, 0.29) is 12.8 Å². The lowest BCUT2D eigenvalue weighted by molar-refractivity contribution is -0.235. The molecule has 2 fully saturated rings. The second-order valence-corrected chi connectivity index (χ2v) is 10.1. The molecule has 16 heteroatoms. The number of halogens is 6. The predicted molar refractivity (Wildman–Crippen MR) is 95.9 cm³/mol. The molecule has 0 radical (unpaired) electrons. The van der Waals surface area contributed by atoms with Gasteiger partial charge in [-0.25, -0.2) is 0 Å². The normalized spacial score (nSPS) is 32.2. The van der Waals surface area contributed by atoms with E-state index < -0.39 is 80.7 Å². The van der Waals surface area contributed by atoms with E-state index in [2.05, 4.69) is 21.5 Å². The molecule has 0 spiro atoms. The van der Waals surface area contributed by atoms with Crippen molar-refractivity contribution in [2.75, 3.05) is 0 Å². The fourth-order valence-electron chi connectivity index (χ4n) is 3.36. The monoisotopic (exact) mass is 518 g/mol. The second kappa shape index (κ2) is 9.58. The van der Waals surface area contributed by atoms with Gasteiger partial charge in [0.1, 0.15) is 12.2 Å². The first kappa shape index (κ1) is 27.0. The molecule has 2 heterocycles. The van der Waals surface area contributed by atoms with Crippen LogP contribution in [0.1, 0.15) is 25.7 Å². The van der Waals surface area contributed by atoms with Crippen molar-refractivity contribution < 1.29 is 61.0 Å². The van der Waals surface area contributed by atoms with Crippen LogP contribution in [0.5, 0.6) is 0 Å². The SMILES string of the molecule is C=CC[C@@H]1O[C@@H]2C[C@@H](OS(=O)(=O)C(F)(F)F)[C@H](CC=C)O[C@@H]2C[C@H]1OS(=O)(=O)C(F)(F)F. The van der Waals surface area contributed by atoms with Crippen molar-refractivity contribution in [2.45, 2.75) is 73.3 Å². The summed E-state index contributed by atoms with van der Waals surface area (Å²) in [5.74, 6) is 0. The van der Waals surface area contributed by atoms with Crippen LogP contribution >= 0.6 is 0 Å². The summed E-state index contributed by atoms with van der Waals surface area (Å²) < 4.78 is 142. The van der Waals surface area contributed by atoms with Gasteiger partial charge in [0.25, 0.3) is 0 Å². The van der Waals surface area contributed by atoms with Crippen molar-refractivity contribution in [3.8, 4) is 0 Å². The third-order valence-corrected chi connectivity index (χ3v) is 6.87. The van der Waals surface area contributed by atoms with E-state index in [9.17, 15) is 43.2 Å². The molecule has 186 valence electrons. The highest BCUT2D eigenvalue weighted by Crippen LogP contribution is 2.39. The zero-order valence-corrected chi connectivity index (χ0v) is 17.8. The summed E-state index contributed by atoms with van der Waals surface area (Å²) in [6.45, 7) is 6.77. The summed E-state index contributed by atoms with van der Waals surface area (Å²) in [7, 11) is -12.0. The van der Waals surface area contributed by atoms with E-state index in [0.29, 0.717) is 0 Å². The molecule has 0 unspecified atom stereocenters. The topological polar surface area (TPSA) is 105 Å². The first-order valence-electron chi connectivity index (χ1n) is 9.04. The molecule has 0 amide bonds. The summed E-state index contributed by atoms with van der Waals surface area (Å²) in [4.78, 5) is 0. The highest BCUT2D eigenvalue weighted by molar-refractivity contribution is 7.87. The predicted octanol–water partition coefficient (Wildman–Crippen LogP) is 2.92. The van der Waals surface area contributed by atoms with Crippen LogP contribution in [0.2, 0.25) is 0 Å². The molecule has 0 aliphatic carbocycles. The molecule has 0 N–H and O–H groups in total. The zero-order chi connectivity index (χ0) is 24.5. The number of ether oxygens (including phenoxy) is 2. The Labute approximate surface area is 180 Å². The van der Waals surface area contributed by atoms with Crippen LogP contribution in [-0.2, 0) is 38.1 Å². The Hall–Kier alpha value is -1.20. The van der Waals surface area contributed by atoms with E-state index in [0.717, 1.165) is 0 Å². The van der Waals surface area contributed by atoms with Gasteiger partial charge in [-0.3, -0.25) is 8.37 Å². The molecule has 2 aliphatic rings. The Morgan fingerprint density at radius 2 is 1.06 bits per heavy atom. The molecule has 2 rings (SSSR count). The summed E-state index contributed by atoms with van der Waals surface area (Å²) in [5.41, 5.74) is -11.4. The minimum Gasteiger partial charge on any atom is -0.369 e. The first-order valence-corrected chi connectivity index (χ1v) is 11.9. The third-order valence-electron chi connectivity index (χ3n) is 4.74. The van der Waals surface area contributed by atoms with Crippen LogP contribution in [0.25, 0.3) is 0 Å². The quantitative estimate of drug-likeness (QED) is 0.209. The van der Waals surface area contributed by atoms with Crippen molar-refractivity contribution in [1.82, 2.24) is 0 Å². The molecular formula is C16H20F6O8S2. The Bertz CT molecular complexity index is 824. The maximum atomic E-state index is 12.7. The van der Waals surface area contributed by atoms with Crippen LogP contribution in [0.15, 0.2) is 25.3 Å². The van der Waals surface area contributed by atoms with E-state index in [1.165, 1.54) is 12.2 Å². The lowest BCUT2D eigenvalue weighted by atomic mass is 9.89. The standard InChI is InChI=1S/C16H20F6O8S2/c1-3-5-9-13(29-31(23,24)15(17,18)19)7-12-11(27-9)8-14(10(28-12)6-4-2)30-32(25,26)16(20,21)22/h3-4,9-14H,1-2,5-8H2/t9-,10-,11+,12+,13+,14+/m0/s1. The first-order chi connectivity index (χ1) is 14.5. The van der Waals surface area contributed by atoms with Gasteiger partial charge in [-0.15, -0.1) is 13.2 Å². The molecule has 32 heavy (non-hydrogen) atoms. The molecule has 0 aromatic carbocycles. The average molecular weight is 518 g/mol. The summed E-state index contributed by atoms with van der Waals surface area (Å²) in [5, 5.41) is 0. The molecule has 0 aromatic heterocycles. The lowest BCUT2D eigenvalue weighted by Gasteiger charge is -2.47. The van der Waals surface area contributed by atoms with Crippen LogP contribution < -0.4 is 0 Å². The van der Waals surface area contributed by atoms with Crippen LogP contribution in [0, 0.1) is 0 Å². The van der Waals surface area contributed by atoms with Crippen molar-refractivity contribution in [2.24, 2.45) is 0 Å². The summed E-state index contributed by atoms with van der Waals surface area (Å²) >= 11 is 0. The molecule has 6 atom stereocenters. The van der Waals surface area contributed by atoms with E-state index >= 15 is 0 Å². The highest BCUT2D eigenvalue weighted by atomic mass is 32.2. The van der Waals surface area contributed by atoms with Gasteiger partial charge < -0.3 is 9.47 Å². The van der Waals surface area contributed by atoms with Crippen molar-refractivity contribution in [3.05, 3.63) is 25.3 Å². The fraction of sp³-hybridized carbons (Fsp3) is 0.750. The van der Waals surface area contributed by atoms with Gasteiger partial charge in [0.15, 0.2) is 0 Å². The summed E-state index contributed by atoms with van der Waals surface area (Å²) in [6.07, 6.45) is -6.78. The largest absolute Gasteiger partial charge is 0.523 e. The van der Waals surface area contributed by atoms with E-state index in [1.54, 1.807) is 0 Å². The Kier molecular flexibility index (Phi) is 8.10. The minimum atomic E-state index is -5.98. The van der Waals surface area contributed by atoms with E-state index in [4.69, 9.17) is 9.47 Å².